The first-order valence-electron chi connectivity index (χ1n) is 10.4. The number of aromatic nitrogens is 3. The SMILES string of the molecule is Cn1ccnc1-c1sc(NC(=O)c2ccc(NC(=O)c3cccs3)cc2)nc1-c1ccccc1. The van der Waals surface area contributed by atoms with Gasteiger partial charge in [0.2, 0.25) is 0 Å². The highest BCUT2D eigenvalue weighted by molar-refractivity contribution is 7.19. The maximum atomic E-state index is 12.9. The third-order valence-electron chi connectivity index (χ3n) is 5.07. The minimum Gasteiger partial charge on any atom is -0.333 e. The molecule has 0 aliphatic rings. The van der Waals surface area contributed by atoms with Gasteiger partial charge in [-0.2, -0.15) is 0 Å². The Labute approximate surface area is 203 Å². The Morgan fingerprint density at radius 2 is 1.71 bits per heavy atom. The van der Waals surface area contributed by atoms with Gasteiger partial charge in [-0.25, -0.2) is 9.97 Å². The van der Waals surface area contributed by atoms with Crippen molar-refractivity contribution in [1.29, 1.82) is 0 Å². The lowest BCUT2D eigenvalue weighted by molar-refractivity contribution is 0.102. The Hall–Kier alpha value is -4.08. The average Bonchev–Trinajstić information content (AvgIpc) is 3.61. The van der Waals surface area contributed by atoms with Crippen LogP contribution in [0.15, 0.2) is 84.5 Å². The van der Waals surface area contributed by atoms with Crippen LogP contribution in [0.25, 0.3) is 22.0 Å². The second-order valence-corrected chi connectivity index (χ2v) is 9.33. The van der Waals surface area contributed by atoms with E-state index in [1.807, 2.05) is 59.6 Å². The quantitative estimate of drug-likeness (QED) is 0.319. The number of hydrogen-bond donors (Lipinski definition) is 2. The average molecular weight is 486 g/mol. The van der Waals surface area contributed by atoms with Gasteiger partial charge in [0.15, 0.2) is 11.0 Å². The number of nitrogens with one attached hydrogen (secondary N) is 2. The number of anilines is 2. The van der Waals surface area contributed by atoms with Crippen molar-refractivity contribution in [2.45, 2.75) is 0 Å². The molecule has 2 amide bonds. The molecular weight excluding hydrogens is 466 g/mol. The van der Waals surface area contributed by atoms with Crippen LogP contribution < -0.4 is 10.6 Å². The summed E-state index contributed by atoms with van der Waals surface area (Å²) in [6, 6.07) is 20.2. The molecule has 168 valence electrons. The van der Waals surface area contributed by atoms with E-state index in [1.165, 1.54) is 22.7 Å². The summed E-state index contributed by atoms with van der Waals surface area (Å²) in [6.45, 7) is 0. The zero-order valence-electron chi connectivity index (χ0n) is 18.1. The normalized spacial score (nSPS) is 10.7. The zero-order chi connectivity index (χ0) is 23.5. The monoisotopic (exact) mass is 485 g/mol. The molecule has 3 aromatic heterocycles. The number of hydrogen-bond acceptors (Lipinski definition) is 6. The first-order valence-corrected chi connectivity index (χ1v) is 12.1. The molecule has 0 unspecified atom stereocenters. The number of aryl methyl sites for hydroxylation is 1. The van der Waals surface area contributed by atoms with Crippen LogP contribution in [0.3, 0.4) is 0 Å². The Balaban J connectivity index is 1.36. The first-order chi connectivity index (χ1) is 16.6. The lowest BCUT2D eigenvalue weighted by Crippen LogP contribution is -2.13. The molecule has 0 saturated carbocycles. The van der Waals surface area contributed by atoms with Crippen LogP contribution in [0.2, 0.25) is 0 Å². The van der Waals surface area contributed by atoms with E-state index in [0.717, 1.165) is 22.0 Å². The van der Waals surface area contributed by atoms with Crippen LogP contribution in [0.4, 0.5) is 10.8 Å². The Morgan fingerprint density at radius 3 is 2.38 bits per heavy atom. The van der Waals surface area contributed by atoms with Crippen LogP contribution in [0, 0.1) is 0 Å². The molecule has 9 heteroatoms. The van der Waals surface area contributed by atoms with Gasteiger partial charge in [0.25, 0.3) is 11.8 Å². The summed E-state index contributed by atoms with van der Waals surface area (Å²) in [4.78, 5) is 35.8. The topological polar surface area (TPSA) is 88.9 Å². The van der Waals surface area contributed by atoms with Crippen molar-refractivity contribution in [3.8, 4) is 22.0 Å². The van der Waals surface area contributed by atoms with Crippen LogP contribution in [0.1, 0.15) is 20.0 Å². The summed E-state index contributed by atoms with van der Waals surface area (Å²) in [5, 5.41) is 8.06. The fraction of sp³-hybridized carbons (Fsp3) is 0.0400. The molecule has 0 aliphatic heterocycles. The number of thiazole rings is 1. The van der Waals surface area contributed by atoms with Gasteiger partial charge in [0.05, 0.1) is 15.4 Å². The number of amides is 2. The minimum absolute atomic E-state index is 0.176. The van der Waals surface area contributed by atoms with Crippen LogP contribution >= 0.6 is 22.7 Å². The highest BCUT2D eigenvalue weighted by atomic mass is 32.1. The maximum Gasteiger partial charge on any atom is 0.265 e. The maximum absolute atomic E-state index is 12.9. The molecule has 0 fully saturated rings. The molecule has 7 nitrogen and oxygen atoms in total. The molecular formula is C25H19N5O2S2. The van der Waals surface area contributed by atoms with Gasteiger partial charge in [-0.1, -0.05) is 47.7 Å². The van der Waals surface area contributed by atoms with Gasteiger partial charge in [0, 0.05) is 36.3 Å². The zero-order valence-corrected chi connectivity index (χ0v) is 19.7. The van der Waals surface area contributed by atoms with Gasteiger partial charge in [0.1, 0.15) is 0 Å². The predicted molar refractivity (Wildman–Crippen MR) is 136 cm³/mol. The van der Waals surface area contributed by atoms with Gasteiger partial charge in [-0.3, -0.25) is 14.9 Å². The van der Waals surface area contributed by atoms with Crippen LogP contribution in [-0.2, 0) is 7.05 Å². The molecule has 5 aromatic rings. The molecule has 2 aromatic carbocycles. The van der Waals surface area contributed by atoms with E-state index in [9.17, 15) is 9.59 Å². The van der Waals surface area contributed by atoms with Crippen LogP contribution in [0.5, 0.6) is 0 Å². The predicted octanol–water partition coefficient (Wildman–Crippen LogP) is 5.78. The number of carbonyl (C=O) groups is 2. The van der Waals surface area contributed by atoms with Crippen LogP contribution in [-0.4, -0.2) is 26.3 Å². The summed E-state index contributed by atoms with van der Waals surface area (Å²) >= 11 is 2.75. The van der Waals surface area contributed by atoms with Crippen molar-refractivity contribution in [1.82, 2.24) is 14.5 Å². The number of carbonyl (C=O) groups excluding carboxylic acids is 2. The third kappa shape index (κ3) is 4.52. The second kappa shape index (κ2) is 9.42. The molecule has 0 atom stereocenters. The third-order valence-corrected chi connectivity index (χ3v) is 6.90. The lowest BCUT2D eigenvalue weighted by Gasteiger charge is -2.05. The molecule has 2 N–H and O–H groups in total. The highest BCUT2D eigenvalue weighted by Gasteiger charge is 2.19. The van der Waals surface area contributed by atoms with Gasteiger partial charge in [-0.05, 0) is 35.7 Å². The molecule has 0 spiro atoms. The van der Waals surface area contributed by atoms with E-state index >= 15 is 0 Å². The number of nitrogens with zero attached hydrogens (tertiary/aromatic N) is 3. The smallest absolute Gasteiger partial charge is 0.265 e. The van der Waals surface area contributed by atoms with Crippen molar-refractivity contribution in [3.63, 3.8) is 0 Å². The van der Waals surface area contributed by atoms with Crippen molar-refractivity contribution in [2.24, 2.45) is 7.05 Å². The number of imidazole rings is 1. The molecule has 0 bridgehead atoms. The number of thiophene rings is 1. The first kappa shape index (κ1) is 21.7. The van der Waals surface area contributed by atoms with Crippen molar-refractivity contribution >= 4 is 45.3 Å². The van der Waals surface area contributed by atoms with E-state index in [1.54, 1.807) is 36.5 Å². The lowest BCUT2D eigenvalue weighted by atomic mass is 10.1. The molecule has 0 radical (unpaired) electrons. The summed E-state index contributed by atoms with van der Waals surface area (Å²) < 4.78 is 1.93. The Kier molecular flexibility index (Phi) is 6.03. The molecule has 0 saturated heterocycles. The summed E-state index contributed by atoms with van der Waals surface area (Å²) in [5.74, 6) is 0.323. The molecule has 3 heterocycles. The Morgan fingerprint density at radius 1 is 0.912 bits per heavy atom. The molecule has 34 heavy (non-hydrogen) atoms. The number of benzene rings is 2. The van der Waals surface area contributed by atoms with Crippen molar-refractivity contribution < 1.29 is 9.59 Å². The van der Waals surface area contributed by atoms with Gasteiger partial charge >= 0.3 is 0 Å². The minimum atomic E-state index is -0.282. The van der Waals surface area contributed by atoms with Crippen molar-refractivity contribution in [2.75, 3.05) is 10.6 Å². The summed E-state index contributed by atoms with van der Waals surface area (Å²) in [6.07, 6.45) is 3.61. The highest BCUT2D eigenvalue weighted by Crippen LogP contribution is 2.38. The van der Waals surface area contributed by atoms with E-state index < -0.39 is 0 Å². The Bertz CT molecular complexity index is 1440. The van der Waals surface area contributed by atoms with E-state index in [0.29, 0.717) is 21.3 Å². The van der Waals surface area contributed by atoms with E-state index in [-0.39, 0.29) is 11.8 Å². The fourth-order valence-corrected chi connectivity index (χ4v) is 5.02. The molecule has 0 aliphatic carbocycles. The largest absolute Gasteiger partial charge is 0.333 e. The summed E-state index contributed by atoms with van der Waals surface area (Å²) in [7, 11) is 1.92. The standard InChI is InChI=1S/C25H19N5O2S2/c1-30-14-13-26-22(30)21-20(16-6-3-2-4-7-16)28-25(34-21)29-23(31)17-9-11-18(12-10-17)27-24(32)19-8-5-15-33-19/h2-15H,1H3,(H,27,32)(H,28,29,31). The van der Waals surface area contributed by atoms with Crippen molar-refractivity contribution in [3.05, 3.63) is 94.9 Å². The van der Waals surface area contributed by atoms with Gasteiger partial charge in [-0.15, -0.1) is 11.3 Å². The second-order valence-electron chi connectivity index (χ2n) is 7.39. The van der Waals surface area contributed by atoms with E-state index in [2.05, 4.69) is 15.6 Å². The fourth-order valence-electron chi connectivity index (χ4n) is 3.38. The number of rotatable bonds is 6. The van der Waals surface area contributed by atoms with E-state index in [4.69, 9.17) is 4.98 Å². The summed E-state index contributed by atoms with van der Waals surface area (Å²) in [5.41, 5.74) is 2.79. The molecule has 5 rings (SSSR count). The van der Waals surface area contributed by atoms with Gasteiger partial charge < -0.3 is 9.88 Å².